The third-order valence-electron chi connectivity index (χ3n) is 7.06. The molecule has 10 heteroatoms. The zero-order valence-electron chi connectivity index (χ0n) is 20.6. The molecule has 0 radical (unpaired) electrons. The van der Waals surface area contributed by atoms with E-state index in [2.05, 4.69) is 5.32 Å². The van der Waals surface area contributed by atoms with Gasteiger partial charge in [-0.1, -0.05) is 37.1 Å². The van der Waals surface area contributed by atoms with Gasteiger partial charge in [-0.25, -0.2) is 4.39 Å². The summed E-state index contributed by atoms with van der Waals surface area (Å²) in [6.07, 6.45) is 3.46. The lowest BCUT2D eigenvalue weighted by molar-refractivity contribution is 0.0548. The van der Waals surface area contributed by atoms with Gasteiger partial charge in [0.25, 0.3) is 11.8 Å². The Morgan fingerprint density at radius 1 is 1.36 bits per heavy atom. The van der Waals surface area contributed by atoms with Gasteiger partial charge < -0.3 is 24.6 Å². The molecule has 4 rings (SSSR count). The van der Waals surface area contributed by atoms with Crippen molar-refractivity contribution < 1.29 is 23.8 Å². The monoisotopic (exact) mass is 519 g/mol. The molecule has 36 heavy (non-hydrogen) atoms. The van der Waals surface area contributed by atoms with Gasteiger partial charge in [-0.2, -0.15) is 0 Å². The maximum absolute atomic E-state index is 14.3. The van der Waals surface area contributed by atoms with E-state index >= 15 is 0 Å². The van der Waals surface area contributed by atoms with Crippen LogP contribution in [-0.4, -0.2) is 52.2 Å². The summed E-state index contributed by atoms with van der Waals surface area (Å²) in [6.45, 7) is 6.06. The van der Waals surface area contributed by atoms with Crippen LogP contribution < -0.4 is 15.5 Å². The summed E-state index contributed by atoms with van der Waals surface area (Å²) >= 11 is 5.83. The summed E-state index contributed by atoms with van der Waals surface area (Å²) in [5.41, 5.74) is -1.26. The molecule has 1 aromatic heterocycles. The van der Waals surface area contributed by atoms with Crippen molar-refractivity contribution in [1.29, 1.82) is 0 Å². The number of carbonyl (C=O) groups excluding carboxylic acids is 2. The van der Waals surface area contributed by atoms with Crippen LogP contribution in [0.5, 0.6) is 5.75 Å². The van der Waals surface area contributed by atoms with Crippen molar-refractivity contribution in [3.63, 3.8) is 0 Å². The zero-order valence-corrected chi connectivity index (χ0v) is 21.4. The number of benzene rings is 1. The molecule has 1 spiro atoms. The molecule has 1 aromatic carbocycles. The third kappa shape index (κ3) is 4.50. The van der Waals surface area contributed by atoms with Gasteiger partial charge in [-0.3, -0.25) is 14.4 Å². The van der Waals surface area contributed by atoms with Gasteiger partial charge in [0.05, 0.1) is 17.2 Å². The molecule has 2 amide bonds. The number of nitrogens with one attached hydrogen (secondary N) is 1. The van der Waals surface area contributed by atoms with Gasteiger partial charge in [-0.05, 0) is 32.8 Å². The summed E-state index contributed by atoms with van der Waals surface area (Å²) in [4.78, 5) is 41.8. The van der Waals surface area contributed by atoms with Crippen LogP contribution in [0.15, 0.2) is 29.2 Å². The number of hydrogen-bond donors (Lipinski definition) is 2. The first-order chi connectivity index (χ1) is 17.2. The number of halogens is 2. The maximum Gasteiger partial charge on any atom is 0.274 e. The van der Waals surface area contributed by atoms with Gasteiger partial charge in [0.15, 0.2) is 11.4 Å². The van der Waals surface area contributed by atoms with Crippen LogP contribution in [0.25, 0.3) is 0 Å². The van der Waals surface area contributed by atoms with Crippen molar-refractivity contribution in [2.75, 3.05) is 19.8 Å². The van der Waals surface area contributed by atoms with E-state index in [1.165, 1.54) is 18.3 Å². The lowest BCUT2D eigenvalue weighted by Gasteiger charge is -2.40. The first-order valence-corrected chi connectivity index (χ1v) is 12.6. The highest BCUT2D eigenvalue weighted by atomic mass is 35.5. The smallest absolute Gasteiger partial charge is 0.274 e. The Morgan fingerprint density at radius 3 is 2.75 bits per heavy atom. The largest absolute Gasteiger partial charge is 0.487 e. The highest BCUT2D eigenvalue weighted by Crippen LogP contribution is 2.54. The topological polar surface area (TPSA) is 101 Å². The number of rotatable bonds is 9. The van der Waals surface area contributed by atoms with Crippen LogP contribution in [-0.2, 0) is 12.1 Å². The summed E-state index contributed by atoms with van der Waals surface area (Å²) in [5, 5.41) is 12.5. The van der Waals surface area contributed by atoms with Crippen LogP contribution in [0, 0.1) is 11.7 Å². The van der Waals surface area contributed by atoms with Crippen molar-refractivity contribution >= 4 is 23.4 Å². The highest BCUT2D eigenvalue weighted by Gasteiger charge is 2.60. The number of aliphatic hydroxyl groups excluding tert-OH is 1. The number of amides is 2. The van der Waals surface area contributed by atoms with E-state index in [9.17, 15) is 23.9 Å². The van der Waals surface area contributed by atoms with Gasteiger partial charge in [0.1, 0.15) is 11.4 Å². The molecule has 0 unspecified atom stereocenters. The Balaban J connectivity index is 1.78. The molecule has 194 valence electrons. The van der Waals surface area contributed by atoms with Crippen LogP contribution in [0.4, 0.5) is 4.39 Å². The van der Waals surface area contributed by atoms with E-state index in [1.807, 2.05) is 20.8 Å². The Labute approximate surface area is 214 Å². The standard InChI is InChI=1S/C26H31ClFN3O5/c1-4-5-9-36-23-21-25(35)30(15(2)3)14-26(10-17(26)13-32)31(21)12-18(22(23)33)24(34)29-11-16-7-6-8-19(27)20(16)28/h6-8,12,15,17,32H,4-5,9-11,13-14H2,1-3H3,(H,29,34)/t17-,26-/m0/s1. The minimum absolute atomic E-state index is 0.0684. The molecule has 1 aliphatic heterocycles. The zero-order chi connectivity index (χ0) is 26.2. The molecule has 0 saturated heterocycles. The molecule has 2 aromatic rings. The molecule has 2 N–H and O–H groups in total. The number of ether oxygens (including phenoxy) is 1. The first kappa shape index (κ1) is 26.2. The number of fused-ring (bicyclic) bond motifs is 2. The second-order valence-electron chi connectivity index (χ2n) is 9.73. The quantitative estimate of drug-likeness (QED) is 0.495. The summed E-state index contributed by atoms with van der Waals surface area (Å²) in [5.74, 6) is -2.01. The second-order valence-corrected chi connectivity index (χ2v) is 10.1. The number of carbonyl (C=O) groups is 2. The van der Waals surface area contributed by atoms with Crippen molar-refractivity contribution in [3.8, 4) is 5.75 Å². The van der Waals surface area contributed by atoms with Gasteiger partial charge in [0.2, 0.25) is 5.43 Å². The highest BCUT2D eigenvalue weighted by molar-refractivity contribution is 6.30. The lowest BCUT2D eigenvalue weighted by atomic mass is 10.0. The Kier molecular flexibility index (Phi) is 7.43. The molecule has 1 fully saturated rings. The minimum Gasteiger partial charge on any atom is -0.487 e. The van der Waals surface area contributed by atoms with E-state index in [4.69, 9.17) is 16.3 Å². The molecule has 8 nitrogen and oxygen atoms in total. The number of aromatic nitrogens is 1. The Bertz CT molecular complexity index is 1250. The molecular formula is C26H31ClFN3O5. The Hall–Kier alpha value is -2.91. The van der Waals surface area contributed by atoms with Crippen molar-refractivity contribution in [2.24, 2.45) is 5.92 Å². The molecule has 2 heterocycles. The molecule has 2 aliphatic rings. The third-order valence-corrected chi connectivity index (χ3v) is 7.35. The van der Waals surface area contributed by atoms with E-state index in [1.54, 1.807) is 15.5 Å². The summed E-state index contributed by atoms with van der Waals surface area (Å²) in [7, 11) is 0. The average Bonchev–Trinajstić information content (AvgIpc) is 3.56. The van der Waals surface area contributed by atoms with Crippen molar-refractivity contribution in [3.05, 3.63) is 62.3 Å². The van der Waals surface area contributed by atoms with E-state index in [0.29, 0.717) is 19.4 Å². The van der Waals surface area contributed by atoms with Crippen molar-refractivity contribution in [1.82, 2.24) is 14.8 Å². The number of nitrogens with zero attached hydrogens (tertiary/aromatic N) is 2. The second kappa shape index (κ2) is 10.2. The summed E-state index contributed by atoms with van der Waals surface area (Å²) < 4.78 is 21.8. The first-order valence-electron chi connectivity index (χ1n) is 12.2. The van der Waals surface area contributed by atoms with Crippen molar-refractivity contribution in [2.45, 2.75) is 58.2 Å². The van der Waals surface area contributed by atoms with E-state index < -0.39 is 22.7 Å². The lowest BCUT2D eigenvalue weighted by Crippen LogP contribution is -2.52. The minimum atomic E-state index is -0.717. The fourth-order valence-corrected chi connectivity index (χ4v) is 4.99. The SMILES string of the molecule is CCCCOc1c2n(cc(C(=O)NCc3cccc(Cl)c3F)c1=O)[C@@]1(C[C@H]1CO)CN(C(C)C)C2=O. The molecule has 2 atom stereocenters. The number of hydrogen-bond acceptors (Lipinski definition) is 5. The molecule has 1 aliphatic carbocycles. The van der Waals surface area contributed by atoms with Crippen LogP contribution in [0.3, 0.4) is 0 Å². The predicted octanol–water partition coefficient (Wildman–Crippen LogP) is 3.32. The molecule has 1 saturated carbocycles. The van der Waals surface area contributed by atoms with Gasteiger partial charge in [0, 0.05) is 43.4 Å². The van der Waals surface area contributed by atoms with Gasteiger partial charge in [-0.15, -0.1) is 0 Å². The molecule has 0 bridgehead atoms. The van der Waals surface area contributed by atoms with Crippen LogP contribution in [0.1, 0.15) is 66.4 Å². The van der Waals surface area contributed by atoms with Crippen LogP contribution in [0.2, 0.25) is 5.02 Å². The fourth-order valence-electron chi connectivity index (χ4n) is 4.80. The Morgan fingerprint density at radius 2 is 2.11 bits per heavy atom. The number of pyridine rings is 1. The van der Waals surface area contributed by atoms with Crippen LogP contribution >= 0.6 is 11.6 Å². The van der Waals surface area contributed by atoms with E-state index in [-0.39, 0.29) is 65.2 Å². The predicted molar refractivity (Wildman–Crippen MR) is 133 cm³/mol. The number of unbranched alkanes of at least 4 members (excludes halogenated alkanes) is 1. The number of aliphatic hydroxyl groups is 1. The summed E-state index contributed by atoms with van der Waals surface area (Å²) in [6, 6.07) is 4.34. The maximum atomic E-state index is 14.3. The fraction of sp³-hybridized carbons (Fsp3) is 0.500. The average molecular weight is 520 g/mol. The van der Waals surface area contributed by atoms with Gasteiger partial charge >= 0.3 is 0 Å². The normalized spacial score (nSPS) is 20.6. The van der Waals surface area contributed by atoms with E-state index in [0.717, 1.165) is 6.42 Å². The molecular weight excluding hydrogens is 489 g/mol.